The number of Topliss-reactive ketones (excluding diaryl/α,β-unsaturated/α-hetero) is 1. The molecule has 0 saturated heterocycles. The van der Waals surface area contributed by atoms with Crippen LogP contribution in [0.15, 0.2) is 12.7 Å². The average Bonchev–Trinajstić information content (AvgIpc) is 2.65. The third-order valence-electron chi connectivity index (χ3n) is 4.15. The van der Waals surface area contributed by atoms with Gasteiger partial charge in [-0.3, -0.25) is 4.79 Å². The van der Waals surface area contributed by atoms with Gasteiger partial charge < -0.3 is 4.74 Å². The van der Waals surface area contributed by atoms with Crippen LogP contribution in [0.25, 0.3) is 0 Å². The number of unbranched alkanes of at least 4 members (excludes halogenated alkanes) is 3. The Labute approximate surface area is 118 Å². The fourth-order valence-corrected chi connectivity index (χ4v) is 3.06. The van der Waals surface area contributed by atoms with Crippen LogP contribution in [0.4, 0.5) is 0 Å². The standard InChI is InChI=1S/C17H30O2/c1-3-5-6-7-10-13-16(18)17(19-4-2)14-11-8-9-12-15-17/h3H,1,4-15H2,2H3. The maximum absolute atomic E-state index is 12.6. The van der Waals surface area contributed by atoms with E-state index in [-0.39, 0.29) is 0 Å². The van der Waals surface area contributed by atoms with E-state index in [4.69, 9.17) is 4.74 Å². The first-order valence-corrected chi connectivity index (χ1v) is 8.03. The zero-order valence-electron chi connectivity index (χ0n) is 12.6. The molecule has 0 aromatic heterocycles. The molecule has 1 fully saturated rings. The second-order valence-corrected chi connectivity index (χ2v) is 5.65. The minimum atomic E-state index is -0.441. The Hall–Kier alpha value is -0.630. The molecule has 0 amide bonds. The van der Waals surface area contributed by atoms with Gasteiger partial charge in [0.25, 0.3) is 0 Å². The lowest BCUT2D eigenvalue weighted by Gasteiger charge is -2.31. The summed E-state index contributed by atoms with van der Waals surface area (Å²) in [5.41, 5.74) is -0.441. The second-order valence-electron chi connectivity index (χ2n) is 5.65. The Morgan fingerprint density at radius 3 is 2.42 bits per heavy atom. The molecule has 0 bridgehead atoms. The van der Waals surface area contributed by atoms with E-state index in [0.29, 0.717) is 18.8 Å². The molecule has 110 valence electrons. The molecule has 1 aliphatic rings. The van der Waals surface area contributed by atoms with Crippen LogP contribution in [-0.4, -0.2) is 18.0 Å². The SMILES string of the molecule is C=CCCCCCC(=O)C1(OCC)CCCCCC1. The van der Waals surface area contributed by atoms with Crippen LogP contribution >= 0.6 is 0 Å². The highest BCUT2D eigenvalue weighted by atomic mass is 16.5. The van der Waals surface area contributed by atoms with Crippen molar-refractivity contribution in [3.8, 4) is 0 Å². The molecular formula is C17H30O2. The summed E-state index contributed by atoms with van der Waals surface area (Å²) in [5.74, 6) is 0.356. The van der Waals surface area contributed by atoms with Crippen molar-refractivity contribution in [1.82, 2.24) is 0 Å². The first-order chi connectivity index (χ1) is 9.25. The van der Waals surface area contributed by atoms with Crippen LogP contribution < -0.4 is 0 Å². The molecule has 0 aromatic rings. The van der Waals surface area contributed by atoms with E-state index in [9.17, 15) is 4.79 Å². The highest BCUT2D eigenvalue weighted by molar-refractivity contribution is 5.87. The molecule has 0 N–H and O–H groups in total. The van der Waals surface area contributed by atoms with Gasteiger partial charge >= 0.3 is 0 Å². The number of hydrogen-bond donors (Lipinski definition) is 0. The van der Waals surface area contributed by atoms with Crippen LogP contribution in [0.3, 0.4) is 0 Å². The van der Waals surface area contributed by atoms with Gasteiger partial charge in [-0.1, -0.05) is 38.2 Å². The molecule has 0 atom stereocenters. The van der Waals surface area contributed by atoms with Crippen LogP contribution in [0.5, 0.6) is 0 Å². The lowest BCUT2D eigenvalue weighted by molar-refractivity contribution is -0.146. The number of allylic oxidation sites excluding steroid dienone is 1. The molecule has 2 nitrogen and oxygen atoms in total. The van der Waals surface area contributed by atoms with E-state index in [2.05, 4.69) is 6.58 Å². The second kappa shape index (κ2) is 9.30. The number of carbonyl (C=O) groups is 1. The van der Waals surface area contributed by atoms with Gasteiger partial charge in [0, 0.05) is 13.0 Å². The zero-order valence-corrected chi connectivity index (χ0v) is 12.6. The Morgan fingerprint density at radius 2 is 1.84 bits per heavy atom. The van der Waals surface area contributed by atoms with Crippen molar-refractivity contribution in [3.63, 3.8) is 0 Å². The molecule has 1 rings (SSSR count). The molecule has 19 heavy (non-hydrogen) atoms. The van der Waals surface area contributed by atoms with Crippen LogP contribution in [0.2, 0.25) is 0 Å². The fourth-order valence-electron chi connectivity index (χ4n) is 3.06. The van der Waals surface area contributed by atoms with Crippen molar-refractivity contribution >= 4 is 5.78 Å². The van der Waals surface area contributed by atoms with Crippen LogP contribution in [-0.2, 0) is 9.53 Å². The van der Waals surface area contributed by atoms with E-state index in [1.807, 2.05) is 13.0 Å². The molecule has 0 spiro atoms. The highest BCUT2D eigenvalue weighted by Gasteiger charge is 2.38. The number of carbonyl (C=O) groups excluding carboxylic acids is 1. The fraction of sp³-hybridized carbons (Fsp3) is 0.824. The normalized spacial score (nSPS) is 18.8. The van der Waals surface area contributed by atoms with Gasteiger partial charge in [-0.05, 0) is 39.0 Å². The Bertz CT molecular complexity index is 262. The summed E-state index contributed by atoms with van der Waals surface area (Å²) < 4.78 is 5.92. The van der Waals surface area contributed by atoms with Gasteiger partial charge in [0.2, 0.25) is 0 Å². The lowest BCUT2D eigenvalue weighted by atomic mass is 9.86. The van der Waals surface area contributed by atoms with E-state index in [1.165, 1.54) is 12.8 Å². The molecule has 0 unspecified atom stereocenters. The predicted octanol–water partition coefficient (Wildman–Crippen LogP) is 4.82. The number of hydrogen-bond acceptors (Lipinski definition) is 2. The summed E-state index contributed by atoms with van der Waals surface area (Å²) in [6.45, 7) is 6.38. The molecule has 1 aliphatic carbocycles. The van der Waals surface area contributed by atoms with E-state index in [1.54, 1.807) is 0 Å². The van der Waals surface area contributed by atoms with Gasteiger partial charge in [0.15, 0.2) is 5.78 Å². The molecule has 0 aliphatic heterocycles. The maximum atomic E-state index is 12.6. The summed E-state index contributed by atoms with van der Waals surface area (Å²) in [6, 6.07) is 0. The van der Waals surface area contributed by atoms with Crippen molar-refractivity contribution in [3.05, 3.63) is 12.7 Å². The summed E-state index contributed by atoms with van der Waals surface area (Å²) in [4.78, 5) is 12.6. The van der Waals surface area contributed by atoms with Crippen molar-refractivity contribution in [2.24, 2.45) is 0 Å². The third kappa shape index (κ3) is 5.48. The molecule has 0 radical (unpaired) electrons. The minimum absolute atomic E-state index is 0.356. The van der Waals surface area contributed by atoms with Gasteiger partial charge in [-0.15, -0.1) is 6.58 Å². The smallest absolute Gasteiger partial charge is 0.164 e. The first kappa shape index (κ1) is 16.4. The molecule has 0 heterocycles. The molecule has 0 aromatic carbocycles. The Morgan fingerprint density at radius 1 is 1.16 bits per heavy atom. The maximum Gasteiger partial charge on any atom is 0.164 e. The number of ketones is 1. The van der Waals surface area contributed by atoms with Crippen molar-refractivity contribution in [2.75, 3.05) is 6.61 Å². The van der Waals surface area contributed by atoms with Crippen molar-refractivity contribution in [2.45, 2.75) is 83.2 Å². The van der Waals surface area contributed by atoms with Crippen molar-refractivity contribution < 1.29 is 9.53 Å². The van der Waals surface area contributed by atoms with Gasteiger partial charge in [0.05, 0.1) is 0 Å². The average molecular weight is 266 g/mol. The summed E-state index contributed by atoms with van der Waals surface area (Å²) in [5, 5.41) is 0. The number of rotatable bonds is 9. The van der Waals surface area contributed by atoms with Gasteiger partial charge in [-0.25, -0.2) is 0 Å². The van der Waals surface area contributed by atoms with Crippen molar-refractivity contribution in [1.29, 1.82) is 0 Å². The highest BCUT2D eigenvalue weighted by Crippen LogP contribution is 2.32. The summed E-state index contributed by atoms with van der Waals surface area (Å²) in [7, 11) is 0. The quantitative estimate of drug-likeness (QED) is 0.340. The van der Waals surface area contributed by atoms with Gasteiger partial charge in [0.1, 0.15) is 5.60 Å². The lowest BCUT2D eigenvalue weighted by Crippen LogP contribution is -2.41. The zero-order chi connectivity index (χ0) is 14.0. The first-order valence-electron chi connectivity index (χ1n) is 8.03. The van der Waals surface area contributed by atoms with E-state index < -0.39 is 5.60 Å². The third-order valence-corrected chi connectivity index (χ3v) is 4.15. The van der Waals surface area contributed by atoms with Crippen LogP contribution in [0.1, 0.15) is 77.6 Å². The van der Waals surface area contributed by atoms with Gasteiger partial charge in [-0.2, -0.15) is 0 Å². The Kier molecular flexibility index (Phi) is 8.04. The largest absolute Gasteiger partial charge is 0.368 e. The topological polar surface area (TPSA) is 26.3 Å². The van der Waals surface area contributed by atoms with E-state index in [0.717, 1.165) is 51.4 Å². The number of ether oxygens (including phenoxy) is 1. The summed E-state index contributed by atoms with van der Waals surface area (Å²) >= 11 is 0. The molecule has 1 saturated carbocycles. The predicted molar refractivity (Wildman–Crippen MR) is 80.3 cm³/mol. The van der Waals surface area contributed by atoms with Crippen LogP contribution in [0, 0.1) is 0 Å². The Balaban J connectivity index is 2.44. The summed E-state index contributed by atoms with van der Waals surface area (Å²) in [6.07, 6.45) is 13.6. The monoisotopic (exact) mass is 266 g/mol. The van der Waals surface area contributed by atoms with E-state index >= 15 is 0 Å². The molecular weight excluding hydrogens is 236 g/mol. The molecule has 2 heteroatoms. The minimum Gasteiger partial charge on any atom is -0.368 e.